The Morgan fingerprint density at radius 2 is 1.56 bits per heavy atom. The van der Waals surface area contributed by atoms with Crippen LogP contribution >= 0.6 is 15.9 Å². The second kappa shape index (κ2) is 4.56. The number of hydrogen-bond acceptors (Lipinski definition) is 1. The molecule has 0 bridgehead atoms. The van der Waals surface area contributed by atoms with Crippen molar-refractivity contribution in [3.63, 3.8) is 0 Å². The zero-order valence-electron chi connectivity index (χ0n) is 8.71. The van der Waals surface area contributed by atoms with E-state index in [2.05, 4.69) is 15.9 Å². The quantitative estimate of drug-likeness (QED) is 0.538. The molecule has 0 aliphatic heterocycles. The lowest BCUT2D eigenvalue weighted by Gasteiger charge is -2.19. The Balaban J connectivity index is 3.78. The molecule has 0 N–H and O–H groups in total. The van der Waals surface area contributed by atoms with Gasteiger partial charge in [-0.15, -0.1) is 0 Å². The normalized spacial score (nSPS) is 12.7. The van der Waals surface area contributed by atoms with Crippen LogP contribution in [0, 0.1) is 0 Å². The van der Waals surface area contributed by atoms with Crippen LogP contribution in [0.2, 0.25) is 0 Å². The summed E-state index contributed by atoms with van der Waals surface area (Å²) in [6.45, 7) is 0.773. The van der Waals surface area contributed by atoms with Crippen LogP contribution in [0.3, 0.4) is 0 Å². The Labute approximate surface area is 106 Å². The zero-order valence-corrected chi connectivity index (χ0v) is 10.3. The molecular formula is C10H5BrF6O. The first kappa shape index (κ1) is 15.0. The van der Waals surface area contributed by atoms with Gasteiger partial charge in [0.15, 0.2) is 5.78 Å². The summed E-state index contributed by atoms with van der Waals surface area (Å²) in [6.07, 6.45) is -10.5. The lowest BCUT2D eigenvalue weighted by Crippen LogP contribution is -2.20. The number of carbonyl (C=O) groups is 1. The highest BCUT2D eigenvalue weighted by atomic mass is 79.9. The van der Waals surface area contributed by atoms with Crippen molar-refractivity contribution in [2.24, 2.45) is 0 Å². The molecule has 0 aliphatic rings. The summed E-state index contributed by atoms with van der Waals surface area (Å²) in [5.74, 6) is -1.10. The molecule has 0 saturated heterocycles. The summed E-state index contributed by atoms with van der Waals surface area (Å²) in [6, 6.07) is 1.06. The number of alkyl halides is 6. The van der Waals surface area contributed by atoms with Crippen LogP contribution in [-0.4, -0.2) is 5.78 Å². The Morgan fingerprint density at radius 3 is 1.89 bits per heavy atom. The minimum Gasteiger partial charge on any atom is -0.294 e. The number of rotatable bonds is 1. The average molecular weight is 335 g/mol. The predicted octanol–water partition coefficient (Wildman–Crippen LogP) is 4.69. The van der Waals surface area contributed by atoms with E-state index < -0.39 is 34.8 Å². The molecule has 1 aromatic rings. The van der Waals surface area contributed by atoms with Crippen LogP contribution in [0.4, 0.5) is 26.3 Å². The monoisotopic (exact) mass is 334 g/mol. The Hall–Kier alpha value is -1.05. The highest BCUT2D eigenvalue weighted by molar-refractivity contribution is 9.10. The van der Waals surface area contributed by atoms with Gasteiger partial charge in [-0.25, -0.2) is 0 Å². The van der Waals surface area contributed by atoms with Crippen LogP contribution in [0.1, 0.15) is 28.4 Å². The van der Waals surface area contributed by atoms with E-state index in [1.165, 1.54) is 0 Å². The van der Waals surface area contributed by atoms with E-state index in [-0.39, 0.29) is 4.47 Å². The third-order valence-corrected chi connectivity index (χ3v) is 2.76. The minimum absolute atomic E-state index is 0.291. The lowest BCUT2D eigenvalue weighted by atomic mass is 9.97. The maximum absolute atomic E-state index is 12.7. The van der Waals surface area contributed by atoms with E-state index in [1.54, 1.807) is 0 Å². The van der Waals surface area contributed by atoms with Gasteiger partial charge in [-0.05, 0) is 19.1 Å². The third kappa shape index (κ3) is 2.85. The van der Waals surface area contributed by atoms with Crippen molar-refractivity contribution in [2.75, 3.05) is 0 Å². The molecule has 0 saturated carbocycles. The maximum Gasteiger partial charge on any atom is 0.417 e. The van der Waals surface area contributed by atoms with Gasteiger partial charge in [0.1, 0.15) is 0 Å². The first-order valence-corrected chi connectivity index (χ1v) is 5.23. The van der Waals surface area contributed by atoms with Gasteiger partial charge in [0, 0.05) is 10.0 Å². The second-order valence-corrected chi connectivity index (χ2v) is 4.25. The molecule has 1 nitrogen and oxygen atoms in total. The fraction of sp³-hybridized carbons (Fsp3) is 0.300. The van der Waals surface area contributed by atoms with E-state index in [0.717, 1.165) is 13.0 Å². The van der Waals surface area contributed by atoms with Crippen LogP contribution in [0.5, 0.6) is 0 Å². The number of benzene rings is 1. The summed E-state index contributed by atoms with van der Waals surface area (Å²) in [5.41, 5.74) is -4.85. The van der Waals surface area contributed by atoms with E-state index in [1.807, 2.05) is 0 Å². The van der Waals surface area contributed by atoms with Crippen LogP contribution in [0.15, 0.2) is 16.6 Å². The molecular weight excluding hydrogens is 330 g/mol. The molecule has 0 spiro atoms. The fourth-order valence-electron chi connectivity index (χ4n) is 1.45. The van der Waals surface area contributed by atoms with E-state index in [9.17, 15) is 31.1 Å². The molecule has 0 aromatic heterocycles. The summed E-state index contributed by atoms with van der Waals surface area (Å²) >= 11 is 2.65. The average Bonchev–Trinajstić information content (AvgIpc) is 2.12. The molecule has 100 valence electrons. The minimum atomic E-state index is -5.27. The van der Waals surface area contributed by atoms with Crippen molar-refractivity contribution >= 4 is 21.7 Å². The Bertz CT molecular complexity index is 488. The Morgan fingerprint density at radius 1 is 1.06 bits per heavy atom. The molecule has 1 rings (SSSR count). The highest BCUT2D eigenvalue weighted by Gasteiger charge is 2.46. The van der Waals surface area contributed by atoms with E-state index in [0.29, 0.717) is 6.07 Å². The van der Waals surface area contributed by atoms with Crippen molar-refractivity contribution in [3.8, 4) is 0 Å². The maximum atomic E-state index is 12.7. The van der Waals surface area contributed by atoms with Crippen molar-refractivity contribution in [2.45, 2.75) is 19.3 Å². The first-order valence-electron chi connectivity index (χ1n) is 4.44. The topological polar surface area (TPSA) is 17.1 Å². The number of Topliss-reactive ketones (excluding diaryl/α,β-unsaturated/α-hetero) is 1. The number of halogens is 7. The van der Waals surface area contributed by atoms with Gasteiger partial charge in [-0.1, -0.05) is 15.9 Å². The summed E-state index contributed by atoms with van der Waals surface area (Å²) < 4.78 is 75.4. The molecule has 0 fully saturated rings. The fourth-order valence-corrected chi connectivity index (χ4v) is 2.06. The van der Waals surface area contributed by atoms with Gasteiger partial charge in [0.2, 0.25) is 0 Å². The van der Waals surface area contributed by atoms with Crippen LogP contribution < -0.4 is 0 Å². The molecule has 0 amide bonds. The number of ketones is 1. The van der Waals surface area contributed by atoms with Crippen LogP contribution in [0.25, 0.3) is 0 Å². The molecule has 1 aromatic carbocycles. The van der Waals surface area contributed by atoms with Gasteiger partial charge >= 0.3 is 12.4 Å². The number of carbonyl (C=O) groups excluding carboxylic acids is 1. The van der Waals surface area contributed by atoms with E-state index >= 15 is 0 Å². The van der Waals surface area contributed by atoms with Gasteiger partial charge in [0.25, 0.3) is 0 Å². The van der Waals surface area contributed by atoms with E-state index in [4.69, 9.17) is 0 Å². The van der Waals surface area contributed by atoms with Gasteiger partial charge in [-0.2, -0.15) is 26.3 Å². The molecule has 0 aliphatic carbocycles. The SMILES string of the molecule is CC(=O)c1c(Br)ccc(C(F)(F)F)c1C(F)(F)F. The molecule has 8 heteroatoms. The van der Waals surface area contributed by atoms with Crippen molar-refractivity contribution in [1.82, 2.24) is 0 Å². The first-order chi connectivity index (χ1) is 7.96. The largest absolute Gasteiger partial charge is 0.417 e. The second-order valence-electron chi connectivity index (χ2n) is 3.40. The zero-order chi connectivity index (χ0) is 14.3. The van der Waals surface area contributed by atoms with Crippen molar-refractivity contribution in [1.29, 1.82) is 0 Å². The van der Waals surface area contributed by atoms with Crippen LogP contribution in [-0.2, 0) is 12.4 Å². The summed E-state index contributed by atoms with van der Waals surface area (Å²) in [4.78, 5) is 11.1. The highest BCUT2D eigenvalue weighted by Crippen LogP contribution is 2.44. The number of hydrogen-bond donors (Lipinski definition) is 0. The standard InChI is InChI=1S/C10H5BrF6O/c1-4(18)7-6(11)3-2-5(9(12,13)14)8(7)10(15,16)17/h2-3H,1H3. The van der Waals surface area contributed by atoms with Crippen molar-refractivity contribution in [3.05, 3.63) is 33.3 Å². The van der Waals surface area contributed by atoms with Crippen molar-refractivity contribution < 1.29 is 31.1 Å². The van der Waals surface area contributed by atoms with Gasteiger partial charge in [-0.3, -0.25) is 4.79 Å². The lowest BCUT2D eigenvalue weighted by molar-refractivity contribution is -0.162. The molecule has 0 heterocycles. The Kier molecular flexibility index (Phi) is 3.81. The predicted molar refractivity (Wildman–Crippen MR) is 54.2 cm³/mol. The molecule has 18 heavy (non-hydrogen) atoms. The van der Waals surface area contributed by atoms with Gasteiger partial charge in [0.05, 0.1) is 11.1 Å². The third-order valence-electron chi connectivity index (χ3n) is 2.10. The molecule has 0 atom stereocenters. The smallest absolute Gasteiger partial charge is 0.294 e. The summed E-state index contributed by atoms with van der Waals surface area (Å²) in [5, 5.41) is 0. The van der Waals surface area contributed by atoms with Gasteiger partial charge < -0.3 is 0 Å². The molecule has 0 radical (unpaired) electrons. The summed E-state index contributed by atoms with van der Waals surface area (Å²) in [7, 11) is 0. The molecule has 0 unspecified atom stereocenters.